The second-order valence-corrected chi connectivity index (χ2v) is 6.27. The molecule has 1 fully saturated rings. The molecular weight excluding hydrogens is 359 g/mol. The van der Waals surface area contributed by atoms with Crippen LogP contribution in [0.25, 0.3) is 0 Å². The first kappa shape index (κ1) is 16.1. The fourth-order valence-corrected chi connectivity index (χ4v) is 2.97. The SMILES string of the molecule is O=C1C[C@@H](Nc2cccc(Cl)c2Cl)C(=O)N1c1cccc(Cl)c1. The van der Waals surface area contributed by atoms with Crippen molar-refractivity contribution in [3.05, 3.63) is 57.5 Å². The van der Waals surface area contributed by atoms with Crippen LogP contribution in [-0.4, -0.2) is 17.9 Å². The second-order valence-electron chi connectivity index (χ2n) is 5.05. The molecule has 1 saturated heterocycles. The van der Waals surface area contributed by atoms with Crippen LogP contribution in [0.5, 0.6) is 0 Å². The molecule has 23 heavy (non-hydrogen) atoms. The molecule has 1 aliphatic heterocycles. The number of carbonyl (C=O) groups excluding carboxylic acids is 2. The van der Waals surface area contributed by atoms with Gasteiger partial charge in [-0.25, -0.2) is 4.90 Å². The van der Waals surface area contributed by atoms with Crippen LogP contribution >= 0.6 is 34.8 Å². The topological polar surface area (TPSA) is 49.4 Å². The summed E-state index contributed by atoms with van der Waals surface area (Å²) in [5.41, 5.74) is 0.965. The molecule has 1 aliphatic rings. The molecule has 0 unspecified atom stereocenters. The van der Waals surface area contributed by atoms with Crippen LogP contribution in [0, 0.1) is 0 Å². The largest absolute Gasteiger partial charge is 0.372 e. The maximum Gasteiger partial charge on any atom is 0.256 e. The van der Waals surface area contributed by atoms with E-state index in [4.69, 9.17) is 34.8 Å². The van der Waals surface area contributed by atoms with E-state index in [1.807, 2.05) is 0 Å². The molecule has 118 valence electrons. The predicted octanol–water partition coefficient (Wildman–Crippen LogP) is 4.39. The normalized spacial score (nSPS) is 17.7. The molecule has 0 spiro atoms. The lowest BCUT2D eigenvalue weighted by atomic mass is 10.2. The van der Waals surface area contributed by atoms with Crippen molar-refractivity contribution in [3.8, 4) is 0 Å². The van der Waals surface area contributed by atoms with Crippen LogP contribution in [0.4, 0.5) is 11.4 Å². The molecule has 0 radical (unpaired) electrons. The number of halogens is 3. The summed E-state index contributed by atoms with van der Waals surface area (Å²) in [6.07, 6.45) is 0.0359. The molecular formula is C16H11Cl3N2O2. The average molecular weight is 370 g/mol. The second kappa shape index (κ2) is 6.40. The molecule has 0 aliphatic carbocycles. The Hall–Kier alpha value is -1.75. The maximum absolute atomic E-state index is 12.6. The van der Waals surface area contributed by atoms with E-state index in [0.29, 0.717) is 26.4 Å². The third-order valence-electron chi connectivity index (χ3n) is 3.49. The molecule has 1 heterocycles. The molecule has 0 bridgehead atoms. The number of anilines is 2. The molecule has 2 aromatic carbocycles. The van der Waals surface area contributed by atoms with Crippen molar-refractivity contribution in [2.75, 3.05) is 10.2 Å². The van der Waals surface area contributed by atoms with Gasteiger partial charge in [-0.1, -0.05) is 46.9 Å². The lowest BCUT2D eigenvalue weighted by molar-refractivity contribution is -0.121. The van der Waals surface area contributed by atoms with E-state index in [1.54, 1.807) is 42.5 Å². The molecule has 0 aromatic heterocycles. The number of benzene rings is 2. The van der Waals surface area contributed by atoms with Gasteiger partial charge in [0.25, 0.3) is 5.91 Å². The van der Waals surface area contributed by atoms with Gasteiger partial charge in [0.15, 0.2) is 0 Å². The third kappa shape index (κ3) is 3.15. The molecule has 1 atom stereocenters. The smallest absolute Gasteiger partial charge is 0.256 e. The fourth-order valence-electron chi connectivity index (χ4n) is 2.43. The first-order valence-electron chi connectivity index (χ1n) is 6.80. The standard InChI is InChI=1S/C16H11Cl3N2O2/c17-9-3-1-4-10(7-9)21-14(22)8-13(16(21)23)20-12-6-2-5-11(18)15(12)19/h1-7,13,20H,8H2/t13-/m1/s1. The number of hydrogen-bond donors (Lipinski definition) is 1. The zero-order chi connectivity index (χ0) is 16.6. The summed E-state index contributed by atoms with van der Waals surface area (Å²) >= 11 is 18.0. The number of nitrogens with zero attached hydrogens (tertiary/aromatic N) is 1. The minimum Gasteiger partial charge on any atom is -0.372 e. The van der Waals surface area contributed by atoms with Gasteiger partial charge in [0.1, 0.15) is 6.04 Å². The van der Waals surface area contributed by atoms with Gasteiger partial charge in [-0.05, 0) is 30.3 Å². The van der Waals surface area contributed by atoms with Crippen LogP contribution in [0.2, 0.25) is 15.1 Å². The predicted molar refractivity (Wildman–Crippen MR) is 92.4 cm³/mol. The molecule has 1 N–H and O–H groups in total. The van der Waals surface area contributed by atoms with Gasteiger partial charge in [-0.3, -0.25) is 9.59 Å². The fraction of sp³-hybridized carbons (Fsp3) is 0.125. The Kier molecular flexibility index (Phi) is 4.48. The number of carbonyl (C=O) groups is 2. The quantitative estimate of drug-likeness (QED) is 0.816. The molecule has 0 saturated carbocycles. The van der Waals surface area contributed by atoms with E-state index < -0.39 is 6.04 Å². The molecule has 4 nitrogen and oxygen atoms in total. The van der Waals surface area contributed by atoms with Gasteiger partial charge in [0, 0.05) is 5.02 Å². The Morgan fingerprint density at radius 2 is 1.78 bits per heavy atom. The van der Waals surface area contributed by atoms with E-state index >= 15 is 0 Å². The zero-order valence-electron chi connectivity index (χ0n) is 11.7. The summed E-state index contributed by atoms with van der Waals surface area (Å²) in [5, 5.41) is 4.13. The van der Waals surface area contributed by atoms with Gasteiger partial charge in [-0.15, -0.1) is 0 Å². The summed E-state index contributed by atoms with van der Waals surface area (Å²) in [5.74, 6) is -0.652. The third-order valence-corrected chi connectivity index (χ3v) is 4.55. The average Bonchev–Trinajstić information content (AvgIpc) is 2.78. The first-order valence-corrected chi connectivity index (χ1v) is 7.93. The minimum atomic E-state index is -0.697. The Balaban J connectivity index is 1.85. The van der Waals surface area contributed by atoms with Crippen molar-refractivity contribution in [3.63, 3.8) is 0 Å². The summed E-state index contributed by atoms with van der Waals surface area (Å²) in [7, 11) is 0. The number of imide groups is 1. The monoisotopic (exact) mass is 368 g/mol. The van der Waals surface area contributed by atoms with Crippen molar-refractivity contribution in [1.29, 1.82) is 0 Å². The molecule has 2 aromatic rings. The summed E-state index contributed by atoms with van der Waals surface area (Å²) < 4.78 is 0. The Morgan fingerprint density at radius 1 is 1.04 bits per heavy atom. The van der Waals surface area contributed by atoms with Crippen LogP contribution in [0.3, 0.4) is 0 Å². The van der Waals surface area contributed by atoms with Gasteiger partial charge in [-0.2, -0.15) is 0 Å². The zero-order valence-corrected chi connectivity index (χ0v) is 14.0. The highest BCUT2D eigenvalue weighted by Gasteiger charge is 2.39. The van der Waals surface area contributed by atoms with Crippen molar-refractivity contribution in [2.45, 2.75) is 12.5 Å². The number of hydrogen-bond acceptors (Lipinski definition) is 3. The van der Waals surface area contributed by atoms with Crippen LogP contribution in [-0.2, 0) is 9.59 Å². The van der Waals surface area contributed by atoms with E-state index in [1.165, 1.54) is 0 Å². The lowest BCUT2D eigenvalue weighted by Gasteiger charge is -2.17. The first-order chi connectivity index (χ1) is 11.0. The molecule has 3 rings (SSSR count). The lowest BCUT2D eigenvalue weighted by Crippen LogP contribution is -2.34. The summed E-state index contributed by atoms with van der Waals surface area (Å²) in [6, 6.07) is 11.0. The molecule has 7 heteroatoms. The minimum absolute atomic E-state index is 0.0359. The number of rotatable bonds is 3. The summed E-state index contributed by atoms with van der Waals surface area (Å²) in [6.45, 7) is 0. The van der Waals surface area contributed by atoms with Crippen molar-refractivity contribution in [1.82, 2.24) is 0 Å². The van der Waals surface area contributed by atoms with E-state index in [9.17, 15) is 9.59 Å². The highest BCUT2D eigenvalue weighted by Crippen LogP contribution is 2.32. The number of nitrogens with one attached hydrogen (secondary N) is 1. The van der Waals surface area contributed by atoms with E-state index in [-0.39, 0.29) is 18.2 Å². The van der Waals surface area contributed by atoms with E-state index in [2.05, 4.69) is 5.32 Å². The number of amides is 2. The van der Waals surface area contributed by atoms with Crippen molar-refractivity contribution in [2.24, 2.45) is 0 Å². The Labute approximate surface area is 147 Å². The van der Waals surface area contributed by atoms with Gasteiger partial charge in [0.2, 0.25) is 5.91 Å². The maximum atomic E-state index is 12.6. The van der Waals surface area contributed by atoms with Gasteiger partial charge >= 0.3 is 0 Å². The van der Waals surface area contributed by atoms with Gasteiger partial charge in [0.05, 0.1) is 27.8 Å². The Morgan fingerprint density at radius 3 is 2.52 bits per heavy atom. The van der Waals surface area contributed by atoms with Crippen molar-refractivity contribution >= 4 is 58.0 Å². The highest BCUT2D eigenvalue weighted by molar-refractivity contribution is 6.43. The van der Waals surface area contributed by atoms with E-state index in [0.717, 1.165) is 4.90 Å². The summed E-state index contributed by atoms with van der Waals surface area (Å²) in [4.78, 5) is 25.9. The Bertz CT molecular complexity index is 795. The van der Waals surface area contributed by atoms with Crippen molar-refractivity contribution < 1.29 is 9.59 Å². The van der Waals surface area contributed by atoms with Crippen LogP contribution in [0.15, 0.2) is 42.5 Å². The van der Waals surface area contributed by atoms with Crippen LogP contribution in [0.1, 0.15) is 6.42 Å². The van der Waals surface area contributed by atoms with Crippen LogP contribution < -0.4 is 10.2 Å². The highest BCUT2D eigenvalue weighted by atomic mass is 35.5. The van der Waals surface area contributed by atoms with Gasteiger partial charge < -0.3 is 5.32 Å². The molecule has 2 amide bonds.